The van der Waals surface area contributed by atoms with Crippen molar-refractivity contribution in [1.82, 2.24) is 19.9 Å². The average molecular weight is 626 g/mol. The summed E-state index contributed by atoms with van der Waals surface area (Å²) in [6.45, 7) is 3.40. The lowest BCUT2D eigenvalue weighted by molar-refractivity contribution is 0.0691. The largest absolute Gasteiger partial charge is 0.476 e. The Hall–Kier alpha value is -4.27. The molecule has 6 rings (SSSR count). The van der Waals surface area contributed by atoms with E-state index >= 15 is 4.39 Å². The van der Waals surface area contributed by atoms with Crippen LogP contribution in [0.25, 0.3) is 27.5 Å². The van der Waals surface area contributed by atoms with Gasteiger partial charge in [0, 0.05) is 28.5 Å². The summed E-state index contributed by atoms with van der Waals surface area (Å²) in [6.07, 6.45) is 2.80. The maximum absolute atomic E-state index is 15.3. The Bertz CT molecular complexity index is 1990. The van der Waals surface area contributed by atoms with Crippen LogP contribution in [0, 0.1) is 31.4 Å². The van der Waals surface area contributed by atoms with Crippen LogP contribution in [-0.4, -0.2) is 39.4 Å². The highest BCUT2D eigenvalue weighted by Gasteiger charge is 2.30. The second-order valence-electron chi connectivity index (χ2n) is 10.5. The van der Waals surface area contributed by atoms with Gasteiger partial charge in [-0.1, -0.05) is 11.2 Å². The van der Waals surface area contributed by atoms with E-state index in [2.05, 4.69) is 10.1 Å². The Kier molecular flexibility index (Phi) is 7.22. The molecule has 1 fully saturated rings. The highest BCUT2D eigenvalue weighted by Crippen LogP contribution is 2.40. The van der Waals surface area contributed by atoms with Crippen LogP contribution in [0.3, 0.4) is 0 Å². The van der Waals surface area contributed by atoms with Crippen LogP contribution in [0.5, 0.6) is 0 Å². The second kappa shape index (κ2) is 10.8. The predicted molar refractivity (Wildman–Crippen MR) is 154 cm³/mol. The molecule has 0 aliphatic heterocycles. The number of aromatic carboxylic acids is 1. The molecule has 222 valence electrons. The van der Waals surface area contributed by atoms with Crippen molar-refractivity contribution in [3.05, 3.63) is 87.4 Å². The molecule has 0 atom stereocenters. The molecule has 0 amide bonds. The van der Waals surface area contributed by atoms with Crippen LogP contribution in [0.2, 0.25) is 0 Å². The number of aromatic nitrogens is 4. The molecule has 0 spiro atoms. The van der Waals surface area contributed by atoms with Gasteiger partial charge in [-0.05, 0) is 74.9 Å². The van der Waals surface area contributed by atoms with E-state index in [-0.39, 0.29) is 22.8 Å². The van der Waals surface area contributed by atoms with Gasteiger partial charge in [0.1, 0.15) is 22.3 Å². The zero-order valence-electron chi connectivity index (χ0n) is 23.0. The first-order valence-electron chi connectivity index (χ1n) is 13.2. The van der Waals surface area contributed by atoms with E-state index in [1.54, 1.807) is 30.7 Å². The summed E-state index contributed by atoms with van der Waals surface area (Å²) in [5.41, 5.74) is 4.04. The molecule has 43 heavy (non-hydrogen) atoms. The molecule has 10 nitrogen and oxygen atoms in total. The number of hydrogen-bond acceptors (Lipinski definition) is 8. The summed E-state index contributed by atoms with van der Waals surface area (Å²) in [7, 11) is -4.26. The molecular formula is C29H25F2N5O5S2. The van der Waals surface area contributed by atoms with Crippen molar-refractivity contribution in [2.24, 2.45) is 11.1 Å². The van der Waals surface area contributed by atoms with Crippen LogP contribution < -0.4 is 5.14 Å². The van der Waals surface area contributed by atoms with Crippen LogP contribution in [0.15, 0.2) is 51.2 Å². The summed E-state index contributed by atoms with van der Waals surface area (Å²) in [4.78, 5) is 15.3. The molecule has 0 unspecified atom stereocenters. The van der Waals surface area contributed by atoms with E-state index in [0.29, 0.717) is 57.4 Å². The lowest BCUT2D eigenvalue weighted by Crippen LogP contribution is -2.14. The van der Waals surface area contributed by atoms with Crippen molar-refractivity contribution in [1.29, 1.82) is 0 Å². The molecule has 3 N–H and O–H groups in total. The van der Waals surface area contributed by atoms with Crippen molar-refractivity contribution in [3.8, 4) is 27.5 Å². The minimum atomic E-state index is -4.26. The van der Waals surface area contributed by atoms with Gasteiger partial charge in [-0.15, -0.1) is 11.3 Å². The SMILES string of the molecule is Cc1noc(C)c1-c1cc(-c2c(Cc3ccc(S(N)(=O)=O)c(F)c3)c(CC3CC3)nn2-c2nc(C(=O)O)cs2)ccc1F. The number of carboxylic acids is 1. The summed E-state index contributed by atoms with van der Waals surface area (Å²) in [5, 5.41) is 25.2. The molecule has 1 aliphatic rings. The maximum atomic E-state index is 15.3. The quantitative estimate of drug-likeness (QED) is 0.220. The molecule has 3 aromatic heterocycles. The third-order valence-electron chi connectivity index (χ3n) is 7.36. The molecule has 0 saturated heterocycles. The highest BCUT2D eigenvalue weighted by molar-refractivity contribution is 7.89. The number of nitrogens with zero attached hydrogens (tertiary/aromatic N) is 4. The second-order valence-corrected chi connectivity index (χ2v) is 12.9. The first-order chi connectivity index (χ1) is 20.4. The third-order valence-corrected chi connectivity index (χ3v) is 9.12. The number of carboxylic acid groups (broad SMARTS) is 1. The fourth-order valence-corrected chi connectivity index (χ4v) is 6.50. The average Bonchev–Trinajstić information content (AvgIpc) is 3.33. The predicted octanol–water partition coefficient (Wildman–Crippen LogP) is 5.43. The summed E-state index contributed by atoms with van der Waals surface area (Å²) in [6, 6.07) is 8.28. The van der Waals surface area contributed by atoms with Gasteiger partial charge in [-0.3, -0.25) is 0 Å². The van der Waals surface area contributed by atoms with Crippen LogP contribution in [-0.2, 0) is 22.9 Å². The van der Waals surface area contributed by atoms with Crippen molar-refractivity contribution < 1.29 is 31.6 Å². The minimum absolute atomic E-state index is 0.147. The Labute approximate surface area is 248 Å². The molecule has 0 radical (unpaired) electrons. The number of carbonyl (C=O) groups is 1. The van der Waals surface area contributed by atoms with Gasteiger partial charge >= 0.3 is 5.97 Å². The fourth-order valence-electron chi connectivity index (χ4n) is 5.16. The minimum Gasteiger partial charge on any atom is -0.476 e. The summed E-state index contributed by atoms with van der Waals surface area (Å²) < 4.78 is 60.6. The van der Waals surface area contributed by atoms with Crippen LogP contribution in [0.4, 0.5) is 8.78 Å². The summed E-state index contributed by atoms with van der Waals surface area (Å²) in [5.74, 6) is -1.83. The molecular weight excluding hydrogens is 600 g/mol. The van der Waals surface area contributed by atoms with E-state index in [9.17, 15) is 22.7 Å². The lowest BCUT2D eigenvalue weighted by Gasteiger charge is -2.12. The number of halogens is 2. The number of primary sulfonamides is 1. The van der Waals surface area contributed by atoms with Gasteiger partial charge in [0.15, 0.2) is 5.69 Å². The van der Waals surface area contributed by atoms with Crippen molar-refractivity contribution in [2.75, 3.05) is 0 Å². The number of sulfonamides is 1. The van der Waals surface area contributed by atoms with Crippen LogP contribution in [0.1, 0.15) is 51.6 Å². The van der Waals surface area contributed by atoms with Crippen molar-refractivity contribution in [2.45, 2.75) is 44.4 Å². The van der Waals surface area contributed by atoms with Crippen molar-refractivity contribution >= 4 is 27.3 Å². The number of hydrogen-bond donors (Lipinski definition) is 2. The lowest BCUT2D eigenvalue weighted by atomic mass is 9.94. The van der Waals surface area contributed by atoms with Gasteiger partial charge in [0.25, 0.3) is 0 Å². The first-order valence-corrected chi connectivity index (χ1v) is 15.7. The number of benzene rings is 2. The topological polar surface area (TPSA) is 154 Å². The Morgan fingerprint density at radius 1 is 1.16 bits per heavy atom. The number of aryl methyl sites for hydroxylation is 2. The van der Waals surface area contributed by atoms with Crippen molar-refractivity contribution in [3.63, 3.8) is 0 Å². The normalized spacial score (nSPS) is 13.5. The smallest absolute Gasteiger partial charge is 0.355 e. The zero-order chi connectivity index (χ0) is 30.6. The Morgan fingerprint density at radius 3 is 2.53 bits per heavy atom. The van der Waals surface area contributed by atoms with E-state index in [4.69, 9.17) is 14.8 Å². The molecule has 3 heterocycles. The molecule has 14 heteroatoms. The first kappa shape index (κ1) is 28.8. The van der Waals surface area contributed by atoms with Gasteiger partial charge in [-0.2, -0.15) is 5.10 Å². The summed E-state index contributed by atoms with van der Waals surface area (Å²) >= 11 is 1.09. The van der Waals surface area contributed by atoms with E-state index in [0.717, 1.165) is 36.3 Å². The molecule has 2 aromatic carbocycles. The molecule has 0 bridgehead atoms. The number of nitrogens with two attached hydrogens (primary N) is 1. The van der Waals surface area contributed by atoms with E-state index in [1.807, 2.05) is 0 Å². The van der Waals surface area contributed by atoms with E-state index in [1.165, 1.54) is 17.5 Å². The van der Waals surface area contributed by atoms with Gasteiger partial charge in [-0.25, -0.2) is 36.8 Å². The molecule has 1 saturated carbocycles. The number of thiazole rings is 1. The van der Waals surface area contributed by atoms with Crippen LogP contribution >= 0.6 is 11.3 Å². The Morgan fingerprint density at radius 2 is 1.93 bits per heavy atom. The maximum Gasteiger partial charge on any atom is 0.355 e. The van der Waals surface area contributed by atoms with Gasteiger partial charge < -0.3 is 9.63 Å². The van der Waals surface area contributed by atoms with E-state index < -0.39 is 32.5 Å². The molecule has 5 aromatic rings. The standard InChI is InChI=1S/C29H25F2N5O5S2/c1-14-26(15(2)41-35-14)19-12-18(6-7-21(19)30)27-20(9-17-5-8-25(22(31)10-17)43(32,39)40)23(11-16-3-4-16)34-36(27)29-33-24(13-42-29)28(37)38/h5-8,10,12-13,16H,3-4,9,11H2,1-2H3,(H,37,38)(H2,32,39,40). The fraction of sp³-hybridized carbons (Fsp3) is 0.241. The third kappa shape index (κ3) is 5.60. The molecule has 1 aliphatic carbocycles. The Balaban J connectivity index is 1.58. The van der Waals surface area contributed by atoms with Gasteiger partial charge in [0.05, 0.1) is 22.6 Å². The highest BCUT2D eigenvalue weighted by atomic mass is 32.2. The zero-order valence-corrected chi connectivity index (χ0v) is 24.6. The number of rotatable bonds is 9. The monoisotopic (exact) mass is 625 g/mol. The van der Waals surface area contributed by atoms with Gasteiger partial charge in [0.2, 0.25) is 15.2 Å².